The van der Waals surface area contributed by atoms with Gasteiger partial charge in [-0.25, -0.2) is 4.79 Å². The number of hydrogen-bond acceptors (Lipinski definition) is 8. The van der Waals surface area contributed by atoms with Gasteiger partial charge in [0.1, 0.15) is 6.10 Å². The highest BCUT2D eigenvalue weighted by molar-refractivity contribution is 7.53. The fourth-order valence-electron chi connectivity index (χ4n) is 2.50. The number of esters is 2. The Hall–Kier alpha value is -1.21. The van der Waals surface area contributed by atoms with Crippen LogP contribution >= 0.6 is 7.60 Å². The van der Waals surface area contributed by atoms with Crippen LogP contribution in [-0.4, -0.2) is 56.2 Å². The van der Waals surface area contributed by atoms with Gasteiger partial charge in [0.15, 0.2) is 0 Å². The second-order valence-corrected chi connectivity index (χ2v) is 8.01. The first kappa shape index (κ1) is 20.8. The lowest BCUT2D eigenvalue weighted by Crippen LogP contribution is -2.32. The van der Waals surface area contributed by atoms with Crippen molar-refractivity contribution in [1.29, 1.82) is 0 Å². The van der Waals surface area contributed by atoms with E-state index in [0.29, 0.717) is 12.8 Å². The molecule has 1 fully saturated rings. The van der Waals surface area contributed by atoms with Gasteiger partial charge in [-0.3, -0.25) is 9.36 Å². The van der Waals surface area contributed by atoms with Crippen molar-refractivity contribution in [3.8, 4) is 0 Å². The van der Waals surface area contributed by atoms with Crippen LogP contribution in [0.3, 0.4) is 0 Å². The standard InChI is InChI=1S/C15H25O8P/c1-5-13(16)23-12-7-6-11(14(12)17)8-22-15(18)10(2)9-24(19,20-3)21-4/h5,10-12,14,17H,1,6-9H2,2-4H3. The SMILES string of the molecule is C=CC(=O)OC1CCC(COC(=O)C(C)CP(=O)(OC)OC)C1O. The molecular weight excluding hydrogens is 339 g/mol. The van der Waals surface area contributed by atoms with Gasteiger partial charge in [0, 0.05) is 26.2 Å². The van der Waals surface area contributed by atoms with Crippen LogP contribution < -0.4 is 0 Å². The third kappa shape index (κ3) is 5.70. The van der Waals surface area contributed by atoms with Gasteiger partial charge < -0.3 is 23.6 Å². The second-order valence-electron chi connectivity index (χ2n) is 5.70. The van der Waals surface area contributed by atoms with Crippen LogP contribution in [0.4, 0.5) is 0 Å². The predicted octanol–water partition coefficient (Wildman–Crippen LogP) is 1.52. The summed E-state index contributed by atoms with van der Waals surface area (Å²) in [7, 11) is -0.795. The fourth-order valence-corrected chi connectivity index (χ4v) is 3.76. The molecule has 1 N–H and O–H groups in total. The first-order valence-corrected chi connectivity index (χ1v) is 9.37. The molecular formula is C15H25O8P. The molecule has 0 aromatic heterocycles. The number of ether oxygens (including phenoxy) is 2. The Balaban J connectivity index is 2.46. The quantitative estimate of drug-likeness (QED) is 0.373. The van der Waals surface area contributed by atoms with E-state index in [0.717, 1.165) is 6.08 Å². The molecule has 0 aromatic rings. The highest BCUT2D eigenvalue weighted by Crippen LogP contribution is 2.48. The van der Waals surface area contributed by atoms with Gasteiger partial charge in [0.25, 0.3) is 0 Å². The van der Waals surface area contributed by atoms with Crippen LogP contribution in [0.1, 0.15) is 19.8 Å². The summed E-state index contributed by atoms with van der Waals surface area (Å²) in [6.07, 6.45) is 0.463. The van der Waals surface area contributed by atoms with Crippen LogP contribution in [0.5, 0.6) is 0 Å². The smallest absolute Gasteiger partial charge is 0.331 e. The highest BCUT2D eigenvalue weighted by atomic mass is 31.2. The molecule has 0 bridgehead atoms. The zero-order chi connectivity index (χ0) is 18.3. The summed E-state index contributed by atoms with van der Waals surface area (Å²) in [5.74, 6) is -2.15. The molecule has 4 unspecified atom stereocenters. The van der Waals surface area contributed by atoms with Gasteiger partial charge >= 0.3 is 19.5 Å². The monoisotopic (exact) mass is 364 g/mol. The largest absolute Gasteiger partial charge is 0.465 e. The van der Waals surface area contributed by atoms with Gasteiger partial charge in [-0.15, -0.1) is 0 Å². The van der Waals surface area contributed by atoms with E-state index < -0.39 is 37.7 Å². The Morgan fingerprint density at radius 2 is 1.96 bits per heavy atom. The van der Waals surface area contributed by atoms with Crippen molar-refractivity contribution < 1.29 is 37.8 Å². The third-order valence-corrected chi connectivity index (χ3v) is 6.12. The maximum Gasteiger partial charge on any atom is 0.331 e. The van der Waals surface area contributed by atoms with E-state index in [1.165, 1.54) is 14.2 Å². The molecule has 1 aliphatic carbocycles. The summed E-state index contributed by atoms with van der Waals surface area (Å²) < 4.78 is 31.8. The van der Waals surface area contributed by atoms with Crippen LogP contribution in [0.25, 0.3) is 0 Å². The summed E-state index contributed by atoms with van der Waals surface area (Å²) >= 11 is 0. The first-order chi connectivity index (χ1) is 11.3. The Morgan fingerprint density at radius 1 is 1.33 bits per heavy atom. The Morgan fingerprint density at radius 3 is 2.50 bits per heavy atom. The molecule has 8 nitrogen and oxygen atoms in total. The number of carbonyl (C=O) groups excluding carboxylic acids is 2. The molecule has 1 aliphatic rings. The minimum Gasteiger partial charge on any atom is -0.465 e. The second kappa shape index (κ2) is 9.32. The number of rotatable bonds is 9. The molecule has 9 heteroatoms. The van der Waals surface area contributed by atoms with Crippen molar-refractivity contribution in [3.05, 3.63) is 12.7 Å². The van der Waals surface area contributed by atoms with Crippen molar-refractivity contribution in [2.45, 2.75) is 32.0 Å². The van der Waals surface area contributed by atoms with E-state index in [4.69, 9.17) is 18.5 Å². The molecule has 1 rings (SSSR count). The Bertz CT molecular complexity index is 498. The molecule has 0 aromatic carbocycles. The first-order valence-electron chi connectivity index (χ1n) is 7.64. The minimum atomic E-state index is -3.30. The van der Waals surface area contributed by atoms with Gasteiger partial charge in [0.2, 0.25) is 0 Å². The van der Waals surface area contributed by atoms with E-state index in [1.807, 2.05) is 0 Å². The van der Waals surface area contributed by atoms with E-state index in [1.54, 1.807) is 6.92 Å². The number of aliphatic hydroxyl groups excluding tert-OH is 1. The van der Waals surface area contributed by atoms with Crippen molar-refractivity contribution >= 4 is 19.5 Å². The highest BCUT2D eigenvalue weighted by Gasteiger charge is 2.38. The molecule has 1 saturated carbocycles. The molecule has 0 amide bonds. The van der Waals surface area contributed by atoms with Gasteiger partial charge in [0.05, 0.1) is 24.8 Å². The average Bonchev–Trinajstić information content (AvgIpc) is 2.92. The minimum absolute atomic E-state index is 0.00323. The molecule has 24 heavy (non-hydrogen) atoms. The average molecular weight is 364 g/mol. The fraction of sp³-hybridized carbons (Fsp3) is 0.733. The number of carbonyl (C=O) groups is 2. The normalized spacial score (nSPS) is 25.1. The van der Waals surface area contributed by atoms with Crippen LogP contribution in [0, 0.1) is 11.8 Å². The van der Waals surface area contributed by atoms with E-state index in [-0.39, 0.29) is 18.7 Å². The Labute approximate surface area is 141 Å². The maximum absolute atomic E-state index is 12.0. The summed E-state index contributed by atoms with van der Waals surface area (Å²) in [5, 5.41) is 10.1. The van der Waals surface area contributed by atoms with Crippen LogP contribution in [0.15, 0.2) is 12.7 Å². The number of hydrogen-bond donors (Lipinski definition) is 1. The van der Waals surface area contributed by atoms with E-state index in [2.05, 4.69) is 6.58 Å². The third-order valence-electron chi connectivity index (χ3n) is 4.02. The van der Waals surface area contributed by atoms with Gasteiger partial charge in [-0.05, 0) is 12.8 Å². The van der Waals surface area contributed by atoms with E-state index >= 15 is 0 Å². The van der Waals surface area contributed by atoms with E-state index in [9.17, 15) is 19.3 Å². The van der Waals surface area contributed by atoms with Crippen LogP contribution in [0.2, 0.25) is 0 Å². The lowest BCUT2D eigenvalue weighted by atomic mass is 10.1. The van der Waals surface area contributed by atoms with Gasteiger partial charge in [-0.1, -0.05) is 13.5 Å². The van der Waals surface area contributed by atoms with Crippen LogP contribution in [-0.2, 0) is 32.7 Å². The summed E-state index contributed by atoms with van der Waals surface area (Å²) in [6.45, 7) is 4.86. The zero-order valence-electron chi connectivity index (χ0n) is 14.2. The van der Waals surface area contributed by atoms with Crippen molar-refractivity contribution in [2.75, 3.05) is 27.0 Å². The summed E-state index contributed by atoms with van der Waals surface area (Å²) in [4.78, 5) is 23.2. The topological polar surface area (TPSA) is 108 Å². The number of aliphatic hydroxyl groups is 1. The molecule has 0 spiro atoms. The molecule has 0 saturated heterocycles. The zero-order valence-corrected chi connectivity index (χ0v) is 15.1. The van der Waals surface area contributed by atoms with Crippen molar-refractivity contribution in [1.82, 2.24) is 0 Å². The van der Waals surface area contributed by atoms with Gasteiger partial charge in [-0.2, -0.15) is 0 Å². The lowest BCUT2D eigenvalue weighted by Gasteiger charge is -2.21. The summed E-state index contributed by atoms with van der Waals surface area (Å²) in [5.41, 5.74) is 0. The molecule has 0 radical (unpaired) electrons. The molecule has 0 heterocycles. The Kier molecular flexibility index (Phi) is 8.09. The molecule has 4 atom stereocenters. The van der Waals surface area contributed by atoms with Crippen molar-refractivity contribution in [3.63, 3.8) is 0 Å². The molecule has 0 aliphatic heterocycles. The predicted molar refractivity (Wildman–Crippen MR) is 85.4 cm³/mol. The molecule has 138 valence electrons. The summed E-state index contributed by atoms with van der Waals surface area (Å²) in [6, 6.07) is 0. The van der Waals surface area contributed by atoms with Crippen molar-refractivity contribution in [2.24, 2.45) is 11.8 Å². The maximum atomic E-state index is 12.0. The lowest BCUT2D eigenvalue weighted by molar-refractivity contribution is -0.153.